The third-order valence-corrected chi connectivity index (χ3v) is 4.86. The number of para-hydroxylation sites is 1. The molecule has 0 spiro atoms. The summed E-state index contributed by atoms with van der Waals surface area (Å²) in [7, 11) is 0. The molecule has 1 aliphatic carbocycles. The Kier molecular flexibility index (Phi) is 4.28. The van der Waals surface area contributed by atoms with Crippen molar-refractivity contribution in [2.24, 2.45) is 0 Å². The predicted molar refractivity (Wildman–Crippen MR) is 91.0 cm³/mol. The first-order valence-electron chi connectivity index (χ1n) is 8.21. The van der Waals surface area contributed by atoms with Crippen LogP contribution in [0.25, 0.3) is 0 Å². The third kappa shape index (κ3) is 2.66. The topological polar surface area (TPSA) is 29.1 Å². The number of anilines is 1. The molecule has 0 heterocycles. The molecule has 1 N–H and O–H groups in total. The molecule has 0 radical (unpaired) electrons. The molecule has 0 unspecified atom stereocenters. The number of carbonyl (C=O) groups excluding carboxylic acids is 1. The lowest BCUT2D eigenvalue weighted by Crippen LogP contribution is -2.38. The van der Waals surface area contributed by atoms with Gasteiger partial charge in [-0.3, -0.25) is 4.79 Å². The van der Waals surface area contributed by atoms with Crippen LogP contribution in [0.2, 0.25) is 0 Å². The average Bonchev–Trinajstić information content (AvgIpc) is 3.07. The van der Waals surface area contributed by atoms with Gasteiger partial charge in [-0.1, -0.05) is 68.3 Å². The molecule has 114 valence electrons. The van der Waals surface area contributed by atoms with E-state index in [1.165, 1.54) is 5.56 Å². The molecule has 0 atom stereocenters. The molecule has 0 saturated heterocycles. The molecular formula is C20H23NO. The van der Waals surface area contributed by atoms with E-state index in [1.807, 2.05) is 36.4 Å². The smallest absolute Gasteiger partial charge is 0.235 e. The Balaban J connectivity index is 1.91. The van der Waals surface area contributed by atoms with Gasteiger partial charge in [-0.05, 0) is 36.5 Å². The Morgan fingerprint density at radius 1 is 1.00 bits per heavy atom. The Bertz CT molecular complexity index is 642. The maximum atomic E-state index is 13.1. The molecule has 2 nitrogen and oxygen atoms in total. The number of benzene rings is 2. The Morgan fingerprint density at radius 3 is 2.32 bits per heavy atom. The lowest BCUT2D eigenvalue weighted by atomic mass is 9.78. The summed E-state index contributed by atoms with van der Waals surface area (Å²) in [4.78, 5) is 13.1. The Morgan fingerprint density at radius 2 is 1.64 bits per heavy atom. The van der Waals surface area contributed by atoms with Gasteiger partial charge < -0.3 is 5.32 Å². The number of amides is 1. The zero-order chi connectivity index (χ0) is 15.4. The highest BCUT2D eigenvalue weighted by atomic mass is 16.2. The van der Waals surface area contributed by atoms with Crippen LogP contribution in [0, 0.1) is 0 Å². The van der Waals surface area contributed by atoms with E-state index < -0.39 is 0 Å². The molecule has 2 aromatic rings. The Labute approximate surface area is 132 Å². The fourth-order valence-corrected chi connectivity index (χ4v) is 3.58. The molecule has 1 fully saturated rings. The maximum absolute atomic E-state index is 13.1. The minimum absolute atomic E-state index is 0.150. The van der Waals surface area contributed by atoms with E-state index in [0.717, 1.165) is 43.4 Å². The van der Waals surface area contributed by atoms with Crippen molar-refractivity contribution in [2.45, 2.75) is 44.4 Å². The maximum Gasteiger partial charge on any atom is 0.235 e. The second-order valence-electron chi connectivity index (χ2n) is 6.12. The van der Waals surface area contributed by atoms with Crippen LogP contribution in [0.4, 0.5) is 5.69 Å². The van der Waals surface area contributed by atoms with Crippen molar-refractivity contribution in [3.8, 4) is 0 Å². The zero-order valence-electron chi connectivity index (χ0n) is 13.1. The van der Waals surface area contributed by atoms with Crippen LogP contribution in [0.1, 0.15) is 43.7 Å². The normalized spacial score (nSPS) is 16.4. The van der Waals surface area contributed by atoms with E-state index in [1.54, 1.807) is 0 Å². The first-order chi connectivity index (χ1) is 10.8. The molecule has 2 aromatic carbocycles. The molecule has 2 heteroatoms. The fourth-order valence-electron chi connectivity index (χ4n) is 3.58. The van der Waals surface area contributed by atoms with E-state index in [2.05, 4.69) is 30.4 Å². The summed E-state index contributed by atoms with van der Waals surface area (Å²) < 4.78 is 0. The fraction of sp³-hybridized carbons (Fsp3) is 0.350. The Hall–Kier alpha value is -2.09. The second kappa shape index (κ2) is 6.35. The molecule has 1 saturated carbocycles. The average molecular weight is 293 g/mol. The first-order valence-corrected chi connectivity index (χ1v) is 8.21. The van der Waals surface area contributed by atoms with Gasteiger partial charge in [-0.25, -0.2) is 0 Å². The highest BCUT2D eigenvalue weighted by molar-refractivity contribution is 6.00. The van der Waals surface area contributed by atoms with Crippen molar-refractivity contribution in [2.75, 3.05) is 5.32 Å². The van der Waals surface area contributed by atoms with Crippen LogP contribution >= 0.6 is 0 Å². The summed E-state index contributed by atoms with van der Waals surface area (Å²) in [6.45, 7) is 2.12. The van der Waals surface area contributed by atoms with Crippen LogP contribution in [0.3, 0.4) is 0 Å². The van der Waals surface area contributed by atoms with E-state index >= 15 is 0 Å². The van der Waals surface area contributed by atoms with E-state index in [9.17, 15) is 4.79 Å². The van der Waals surface area contributed by atoms with Gasteiger partial charge in [0.25, 0.3) is 0 Å². The van der Waals surface area contributed by atoms with Gasteiger partial charge in [0.1, 0.15) is 0 Å². The van der Waals surface area contributed by atoms with Gasteiger partial charge in [-0.15, -0.1) is 0 Å². The van der Waals surface area contributed by atoms with Gasteiger partial charge in [0.05, 0.1) is 5.41 Å². The first kappa shape index (κ1) is 14.8. The number of carbonyl (C=O) groups is 1. The molecular weight excluding hydrogens is 270 g/mol. The number of nitrogens with one attached hydrogen (secondary N) is 1. The second-order valence-corrected chi connectivity index (χ2v) is 6.12. The summed E-state index contributed by atoms with van der Waals surface area (Å²) in [5, 5.41) is 3.20. The third-order valence-electron chi connectivity index (χ3n) is 4.86. The van der Waals surface area contributed by atoms with E-state index in [-0.39, 0.29) is 11.3 Å². The minimum Gasteiger partial charge on any atom is -0.325 e. The van der Waals surface area contributed by atoms with Crippen LogP contribution in [-0.2, 0) is 16.6 Å². The SMILES string of the molecule is CCc1ccccc1NC(=O)C1(c2ccccc2)CCCC1. The standard InChI is InChI=1S/C20H23NO/c1-2-16-10-6-7-13-18(16)21-19(22)20(14-8-9-15-20)17-11-4-3-5-12-17/h3-7,10-13H,2,8-9,14-15H2,1H3,(H,21,22). The molecule has 22 heavy (non-hydrogen) atoms. The number of rotatable bonds is 4. The number of hydrogen-bond donors (Lipinski definition) is 1. The van der Waals surface area contributed by atoms with Crippen LogP contribution in [0.15, 0.2) is 54.6 Å². The molecule has 0 aliphatic heterocycles. The van der Waals surface area contributed by atoms with Gasteiger partial charge in [0, 0.05) is 5.69 Å². The van der Waals surface area contributed by atoms with Gasteiger partial charge >= 0.3 is 0 Å². The molecule has 0 bridgehead atoms. The lowest BCUT2D eigenvalue weighted by Gasteiger charge is -2.28. The van der Waals surface area contributed by atoms with Crippen molar-refractivity contribution in [1.29, 1.82) is 0 Å². The molecule has 1 amide bonds. The summed E-state index contributed by atoms with van der Waals surface area (Å²) in [6.07, 6.45) is 5.05. The summed E-state index contributed by atoms with van der Waals surface area (Å²) in [6, 6.07) is 18.4. The summed E-state index contributed by atoms with van der Waals surface area (Å²) >= 11 is 0. The van der Waals surface area contributed by atoms with Gasteiger partial charge in [0.2, 0.25) is 5.91 Å². The van der Waals surface area contributed by atoms with Crippen LogP contribution < -0.4 is 5.32 Å². The minimum atomic E-state index is -0.359. The highest BCUT2D eigenvalue weighted by Crippen LogP contribution is 2.42. The zero-order valence-corrected chi connectivity index (χ0v) is 13.1. The van der Waals surface area contributed by atoms with Crippen LogP contribution in [-0.4, -0.2) is 5.91 Å². The van der Waals surface area contributed by atoms with Crippen LogP contribution in [0.5, 0.6) is 0 Å². The quantitative estimate of drug-likeness (QED) is 0.869. The van der Waals surface area contributed by atoms with Crippen molar-refractivity contribution < 1.29 is 4.79 Å². The van der Waals surface area contributed by atoms with Crippen molar-refractivity contribution >= 4 is 11.6 Å². The highest BCUT2D eigenvalue weighted by Gasteiger charge is 2.42. The summed E-state index contributed by atoms with van der Waals surface area (Å²) in [5.74, 6) is 0.150. The van der Waals surface area contributed by atoms with E-state index in [4.69, 9.17) is 0 Å². The summed E-state index contributed by atoms with van der Waals surface area (Å²) in [5.41, 5.74) is 2.94. The lowest BCUT2D eigenvalue weighted by molar-refractivity contribution is -0.121. The molecule has 0 aromatic heterocycles. The van der Waals surface area contributed by atoms with Crippen molar-refractivity contribution in [3.63, 3.8) is 0 Å². The predicted octanol–water partition coefficient (Wildman–Crippen LogP) is 4.70. The van der Waals surface area contributed by atoms with Crippen molar-refractivity contribution in [3.05, 3.63) is 65.7 Å². The van der Waals surface area contributed by atoms with E-state index in [0.29, 0.717) is 0 Å². The molecule has 3 rings (SSSR count). The number of hydrogen-bond acceptors (Lipinski definition) is 1. The molecule has 1 aliphatic rings. The van der Waals surface area contributed by atoms with Gasteiger partial charge in [0.15, 0.2) is 0 Å². The largest absolute Gasteiger partial charge is 0.325 e. The van der Waals surface area contributed by atoms with Gasteiger partial charge in [-0.2, -0.15) is 0 Å². The van der Waals surface area contributed by atoms with Crippen molar-refractivity contribution in [1.82, 2.24) is 0 Å². The monoisotopic (exact) mass is 293 g/mol. The number of aryl methyl sites for hydroxylation is 1.